The van der Waals surface area contributed by atoms with Crippen molar-refractivity contribution in [3.8, 4) is 0 Å². The van der Waals surface area contributed by atoms with Gasteiger partial charge in [-0.15, -0.1) is 0 Å². The summed E-state index contributed by atoms with van der Waals surface area (Å²) in [7, 11) is 0. The number of nitrogens with one attached hydrogen (secondary N) is 1. The van der Waals surface area contributed by atoms with Crippen LogP contribution in [-0.4, -0.2) is 43.0 Å². The van der Waals surface area contributed by atoms with Gasteiger partial charge in [0, 0.05) is 30.4 Å². The summed E-state index contributed by atoms with van der Waals surface area (Å²) >= 11 is 0. The van der Waals surface area contributed by atoms with Crippen molar-refractivity contribution in [2.45, 2.75) is 0 Å². The first-order valence-corrected chi connectivity index (χ1v) is 8.23. The second kappa shape index (κ2) is 8.26. The molecule has 0 spiro atoms. The molecule has 1 heterocycles. The molecule has 0 aromatic heterocycles. The van der Waals surface area contributed by atoms with Gasteiger partial charge in [-0.3, -0.25) is 9.59 Å². The van der Waals surface area contributed by atoms with Gasteiger partial charge in [0.1, 0.15) is 0 Å². The predicted molar refractivity (Wildman–Crippen MR) is 97.3 cm³/mol. The van der Waals surface area contributed by atoms with Crippen molar-refractivity contribution >= 4 is 23.6 Å². The Labute approximate surface area is 146 Å². The van der Waals surface area contributed by atoms with Crippen molar-refractivity contribution in [2.24, 2.45) is 0 Å². The number of morpholine rings is 1. The lowest BCUT2D eigenvalue weighted by Crippen LogP contribution is -2.40. The topological polar surface area (TPSA) is 58.6 Å². The minimum absolute atomic E-state index is 0.0424. The first-order valence-electron chi connectivity index (χ1n) is 8.23. The molecule has 1 saturated heterocycles. The lowest BCUT2D eigenvalue weighted by Gasteiger charge is -2.27. The Balaban J connectivity index is 1.64. The number of benzene rings is 2. The van der Waals surface area contributed by atoms with Gasteiger partial charge in [-0.05, 0) is 29.8 Å². The van der Waals surface area contributed by atoms with Crippen molar-refractivity contribution < 1.29 is 14.3 Å². The number of anilines is 1. The third kappa shape index (κ3) is 4.78. The third-order valence-electron chi connectivity index (χ3n) is 3.90. The number of carbonyl (C=O) groups excluding carboxylic acids is 2. The molecule has 0 radical (unpaired) electrons. The fourth-order valence-corrected chi connectivity index (χ4v) is 2.60. The maximum Gasteiger partial charge on any atom is 0.254 e. The molecule has 0 unspecified atom stereocenters. The minimum Gasteiger partial charge on any atom is -0.378 e. The summed E-state index contributed by atoms with van der Waals surface area (Å²) in [4.78, 5) is 26.3. The van der Waals surface area contributed by atoms with E-state index >= 15 is 0 Å². The average Bonchev–Trinajstić information content (AvgIpc) is 2.67. The molecular formula is C20H20N2O3. The first kappa shape index (κ1) is 16.9. The van der Waals surface area contributed by atoms with E-state index in [-0.39, 0.29) is 11.8 Å². The molecule has 5 heteroatoms. The summed E-state index contributed by atoms with van der Waals surface area (Å²) in [5, 5.41) is 2.79. The Bertz CT molecular complexity index is 766. The fourth-order valence-electron chi connectivity index (χ4n) is 2.60. The smallest absolute Gasteiger partial charge is 0.254 e. The van der Waals surface area contributed by atoms with Gasteiger partial charge < -0.3 is 15.0 Å². The van der Waals surface area contributed by atoms with E-state index in [1.165, 1.54) is 6.08 Å². The Morgan fingerprint density at radius 3 is 2.52 bits per heavy atom. The van der Waals surface area contributed by atoms with E-state index in [4.69, 9.17) is 4.74 Å². The maximum absolute atomic E-state index is 12.5. The SMILES string of the molecule is O=C(C=Cc1ccccc1)Nc1cccc(C(=O)N2CCOCC2)c1. The van der Waals surface area contributed by atoms with E-state index in [2.05, 4.69) is 5.32 Å². The van der Waals surface area contributed by atoms with Crippen LogP contribution in [0.25, 0.3) is 6.08 Å². The molecule has 2 aromatic rings. The second-order valence-corrected chi connectivity index (χ2v) is 5.72. The summed E-state index contributed by atoms with van der Waals surface area (Å²) in [6.45, 7) is 2.31. The van der Waals surface area contributed by atoms with Gasteiger partial charge >= 0.3 is 0 Å². The van der Waals surface area contributed by atoms with Crippen LogP contribution in [0.1, 0.15) is 15.9 Å². The van der Waals surface area contributed by atoms with Crippen LogP contribution in [0.15, 0.2) is 60.7 Å². The van der Waals surface area contributed by atoms with Crippen LogP contribution in [0.2, 0.25) is 0 Å². The highest BCUT2D eigenvalue weighted by atomic mass is 16.5. The Hall–Kier alpha value is -2.92. The van der Waals surface area contributed by atoms with Gasteiger partial charge in [0.15, 0.2) is 0 Å². The zero-order valence-electron chi connectivity index (χ0n) is 13.9. The molecule has 0 atom stereocenters. The van der Waals surface area contributed by atoms with Gasteiger partial charge in [0.05, 0.1) is 13.2 Å². The van der Waals surface area contributed by atoms with Crippen LogP contribution in [0.4, 0.5) is 5.69 Å². The van der Waals surface area contributed by atoms with Crippen LogP contribution < -0.4 is 5.32 Å². The van der Waals surface area contributed by atoms with Crippen molar-refractivity contribution in [2.75, 3.05) is 31.6 Å². The lowest BCUT2D eigenvalue weighted by atomic mass is 10.1. The Morgan fingerprint density at radius 1 is 1.00 bits per heavy atom. The lowest BCUT2D eigenvalue weighted by molar-refractivity contribution is -0.111. The first-order chi connectivity index (χ1) is 12.2. The number of amides is 2. The van der Waals surface area contributed by atoms with E-state index in [0.29, 0.717) is 37.6 Å². The van der Waals surface area contributed by atoms with Crippen LogP contribution in [0.3, 0.4) is 0 Å². The van der Waals surface area contributed by atoms with E-state index in [1.807, 2.05) is 30.3 Å². The normalized spacial score (nSPS) is 14.5. The fraction of sp³-hybridized carbons (Fsp3) is 0.200. The molecule has 25 heavy (non-hydrogen) atoms. The van der Waals surface area contributed by atoms with Crippen molar-refractivity contribution in [1.29, 1.82) is 0 Å². The Morgan fingerprint density at radius 2 is 1.76 bits per heavy atom. The van der Waals surface area contributed by atoms with Gasteiger partial charge in [-0.2, -0.15) is 0 Å². The van der Waals surface area contributed by atoms with Gasteiger partial charge in [-0.25, -0.2) is 0 Å². The Kier molecular flexibility index (Phi) is 5.59. The summed E-state index contributed by atoms with van der Waals surface area (Å²) in [6.07, 6.45) is 3.23. The summed E-state index contributed by atoms with van der Waals surface area (Å²) in [5.41, 5.74) is 2.11. The van der Waals surface area contributed by atoms with Gasteiger partial charge in [0.2, 0.25) is 5.91 Å². The molecule has 1 aliphatic heterocycles. The second-order valence-electron chi connectivity index (χ2n) is 5.72. The highest BCUT2D eigenvalue weighted by Gasteiger charge is 2.18. The molecule has 1 fully saturated rings. The van der Waals surface area contributed by atoms with E-state index in [9.17, 15) is 9.59 Å². The highest BCUT2D eigenvalue weighted by Crippen LogP contribution is 2.14. The number of hydrogen-bond donors (Lipinski definition) is 1. The van der Waals surface area contributed by atoms with Crippen molar-refractivity contribution in [3.63, 3.8) is 0 Å². The summed E-state index contributed by atoms with van der Waals surface area (Å²) < 4.78 is 5.27. The standard InChI is InChI=1S/C20H20N2O3/c23-19(10-9-16-5-2-1-3-6-16)21-18-8-4-7-17(15-18)20(24)22-11-13-25-14-12-22/h1-10,15H,11-14H2,(H,21,23). The molecule has 2 aromatic carbocycles. The van der Waals surface area contributed by atoms with Crippen molar-refractivity contribution in [3.05, 3.63) is 71.8 Å². The van der Waals surface area contributed by atoms with Crippen LogP contribution in [0, 0.1) is 0 Å². The maximum atomic E-state index is 12.5. The van der Waals surface area contributed by atoms with Crippen LogP contribution >= 0.6 is 0 Å². The number of nitrogens with zero attached hydrogens (tertiary/aromatic N) is 1. The molecule has 0 bridgehead atoms. The molecule has 0 aliphatic carbocycles. The molecule has 128 valence electrons. The summed E-state index contributed by atoms with van der Waals surface area (Å²) in [5.74, 6) is -0.279. The number of ether oxygens (including phenoxy) is 1. The highest BCUT2D eigenvalue weighted by molar-refractivity contribution is 6.03. The monoisotopic (exact) mass is 336 g/mol. The van der Waals surface area contributed by atoms with Crippen molar-refractivity contribution in [1.82, 2.24) is 4.90 Å². The molecular weight excluding hydrogens is 316 g/mol. The van der Waals surface area contributed by atoms with Crippen LogP contribution in [0.5, 0.6) is 0 Å². The van der Waals surface area contributed by atoms with Gasteiger partial charge in [0.25, 0.3) is 5.91 Å². The number of hydrogen-bond acceptors (Lipinski definition) is 3. The van der Waals surface area contributed by atoms with Gasteiger partial charge in [-0.1, -0.05) is 36.4 Å². The van der Waals surface area contributed by atoms with Crippen LogP contribution in [-0.2, 0) is 9.53 Å². The molecule has 1 N–H and O–H groups in total. The molecule has 2 amide bonds. The van der Waals surface area contributed by atoms with E-state index in [1.54, 1.807) is 35.2 Å². The van der Waals surface area contributed by atoms with E-state index < -0.39 is 0 Å². The summed E-state index contributed by atoms with van der Waals surface area (Å²) in [6, 6.07) is 16.6. The third-order valence-corrected chi connectivity index (χ3v) is 3.90. The number of carbonyl (C=O) groups is 2. The molecule has 0 saturated carbocycles. The minimum atomic E-state index is -0.236. The average molecular weight is 336 g/mol. The van der Waals surface area contributed by atoms with E-state index in [0.717, 1.165) is 5.56 Å². The largest absolute Gasteiger partial charge is 0.378 e. The molecule has 3 rings (SSSR count). The molecule has 5 nitrogen and oxygen atoms in total. The quantitative estimate of drug-likeness (QED) is 0.874. The zero-order valence-corrected chi connectivity index (χ0v) is 13.9. The zero-order chi connectivity index (χ0) is 17.5. The predicted octanol–water partition coefficient (Wildman–Crippen LogP) is 2.81. The molecule has 1 aliphatic rings. The number of rotatable bonds is 4.